The molecule has 0 saturated carbocycles. The molecule has 0 fully saturated rings. The lowest BCUT2D eigenvalue weighted by molar-refractivity contribution is 0.0940. The van der Waals surface area contributed by atoms with Gasteiger partial charge < -0.3 is 5.32 Å². The Kier molecular flexibility index (Phi) is 4.23. The molecule has 0 aromatic heterocycles. The molecule has 0 bridgehead atoms. The molecule has 0 radical (unpaired) electrons. The zero-order chi connectivity index (χ0) is 14.7. The lowest BCUT2D eigenvalue weighted by atomic mass is 9.96. The van der Waals surface area contributed by atoms with Gasteiger partial charge in [0.2, 0.25) is 0 Å². The normalized spacial score (nSPS) is 12.0. The summed E-state index contributed by atoms with van der Waals surface area (Å²) >= 11 is 0. The van der Waals surface area contributed by atoms with Gasteiger partial charge in [0.05, 0.1) is 6.04 Å². The second-order valence-corrected chi connectivity index (χ2v) is 5.35. The summed E-state index contributed by atoms with van der Waals surface area (Å²) in [6.45, 7) is 8.33. The van der Waals surface area contributed by atoms with Gasteiger partial charge in [-0.2, -0.15) is 0 Å². The predicted octanol–water partition coefficient (Wildman–Crippen LogP) is 4.10. The average Bonchev–Trinajstić information content (AvgIpc) is 2.43. The maximum Gasteiger partial charge on any atom is 0.251 e. The van der Waals surface area contributed by atoms with Crippen LogP contribution in [-0.4, -0.2) is 5.91 Å². The second kappa shape index (κ2) is 5.91. The number of amides is 1. The first-order chi connectivity index (χ1) is 9.49. The third kappa shape index (κ3) is 3.08. The molecule has 2 heteroatoms. The SMILES string of the molecule is Cc1cc(C)c([C@H](C)NC(=O)c2ccccc2)cc1C. The van der Waals surface area contributed by atoms with Crippen LogP contribution in [0, 0.1) is 20.8 Å². The first-order valence-corrected chi connectivity index (χ1v) is 6.92. The minimum Gasteiger partial charge on any atom is -0.346 e. The van der Waals surface area contributed by atoms with Crippen LogP contribution in [0.1, 0.15) is 45.6 Å². The first-order valence-electron chi connectivity index (χ1n) is 6.92. The molecule has 0 aliphatic carbocycles. The van der Waals surface area contributed by atoms with Crippen LogP contribution in [0.25, 0.3) is 0 Å². The van der Waals surface area contributed by atoms with Gasteiger partial charge in [-0.25, -0.2) is 0 Å². The molecule has 2 nitrogen and oxygen atoms in total. The molecule has 1 N–H and O–H groups in total. The summed E-state index contributed by atoms with van der Waals surface area (Å²) in [5, 5.41) is 3.06. The molecule has 0 heterocycles. The van der Waals surface area contributed by atoms with Crippen molar-refractivity contribution in [2.75, 3.05) is 0 Å². The van der Waals surface area contributed by atoms with Crippen LogP contribution in [0.5, 0.6) is 0 Å². The van der Waals surface area contributed by atoms with Crippen LogP contribution >= 0.6 is 0 Å². The Labute approximate surface area is 120 Å². The van der Waals surface area contributed by atoms with Crippen molar-refractivity contribution in [3.8, 4) is 0 Å². The van der Waals surface area contributed by atoms with Crippen LogP contribution in [0.4, 0.5) is 0 Å². The van der Waals surface area contributed by atoms with E-state index in [1.165, 1.54) is 22.3 Å². The van der Waals surface area contributed by atoms with E-state index in [0.29, 0.717) is 5.56 Å². The highest BCUT2D eigenvalue weighted by atomic mass is 16.1. The smallest absolute Gasteiger partial charge is 0.251 e. The van der Waals surface area contributed by atoms with E-state index in [2.05, 4.69) is 38.2 Å². The zero-order valence-corrected chi connectivity index (χ0v) is 12.5. The van der Waals surface area contributed by atoms with Crippen molar-refractivity contribution in [3.05, 3.63) is 70.3 Å². The van der Waals surface area contributed by atoms with Gasteiger partial charge in [0.15, 0.2) is 0 Å². The first kappa shape index (κ1) is 14.3. The molecule has 0 saturated heterocycles. The standard InChI is InChI=1S/C18H21NO/c1-12-10-14(3)17(11-13(12)2)15(4)19-18(20)16-8-6-5-7-9-16/h5-11,15H,1-4H3,(H,19,20)/t15-/m0/s1. The molecule has 2 aromatic carbocycles. The summed E-state index contributed by atoms with van der Waals surface area (Å²) in [4.78, 5) is 12.2. The fraction of sp³-hybridized carbons (Fsp3) is 0.278. The van der Waals surface area contributed by atoms with Crippen LogP contribution in [-0.2, 0) is 0 Å². The number of hydrogen-bond donors (Lipinski definition) is 1. The van der Waals surface area contributed by atoms with E-state index in [1.807, 2.05) is 37.3 Å². The predicted molar refractivity (Wildman–Crippen MR) is 83.0 cm³/mol. The third-order valence-corrected chi connectivity index (χ3v) is 3.73. The van der Waals surface area contributed by atoms with Crippen molar-refractivity contribution in [3.63, 3.8) is 0 Å². The fourth-order valence-corrected chi connectivity index (χ4v) is 2.40. The number of nitrogens with one attached hydrogen (secondary N) is 1. The van der Waals surface area contributed by atoms with Gasteiger partial charge in [-0.3, -0.25) is 4.79 Å². The molecule has 1 atom stereocenters. The van der Waals surface area contributed by atoms with Crippen LogP contribution in [0.2, 0.25) is 0 Å². The molecule has 1 amide bonds. The fourth-order valence-electron chi connectivity index (χ4n) is 2.40. The van der Waals surface area contributed by atoms with E-state index in [-0.39, 0.29) is 11.9 Å². The van der Waals surface area contributed by atoms with Gasteiger partial charge in [0.25, 0.3) is 5.91 Å². The largest absolute Gasteiger partial charge is 0.346 e. The van der Waals surface area contributed by atoms with Gasteiger partial charge in [0, 0.05) is 5.56 Å². The molecule has 0 aliphatic rings. The molecular weight excluding hydrogens is 246 g/mol. The monoisotopic (exact) mass is 267 g/mol. The Bertz CT molecular complexity index is 617. The molecule has 104 valence electrons. The van der Waals surface area contributed by atoms with E-state index in [4.69, 9.17) is 0 Å². The summed E-state index contributed by atoms with van der Waals surface area (Å²) in [5.74, 6) is -0.0317. The molecule has 20 heavy (non-hydrogen) atoms. The topological polar surface area (TPSA) is 29.1 Å². The highest BCUT2D eigenvalue weighted by Gasteiger charge is 2.13. The maximum absolute atomic E-state index is 12.2. The minimum atomic E-state index is -0.0317. The number of aryl methyl sites for hydroxylation is 3. The lowest BCUT2D eigenvalue weighted by Gasteiger charge is -2.18. The summed E-state index contributed by atoms with van der Waals surface area (Å²) in [6, 6.07) is 13.7. The Morgan fingerprint density at radius 2 is 1.55 bits per heavy atom. The van der Waals surface area contributed by atoms with Crippen molar-refractivity contribution >= 4 is 5.91 Å². The van der Waals surface area contributed by atoms with Crippen LogP contribution in [0.3, 0.4) is 0 Å². The Morgan fingerprint density at radius 1 is 0.950 bits per heavy atom. The summed E-state index contributed by atoms with van der Waals surface area (Å²) in [7, 11) is 0. The number of carbonyl (C=O) groups is 1. The molecule has 0 spiro atoms. The number of benzene rings is 2. The van der Waals surface area contributed by atoms with Crippen molar-refractivity contribution in [1.82, 2.24) is 5.32 Å². The Morgan fingerprint density at radius 3 is 2.20 bits per heavy atom. The average molecular weight is 267 g/mol. The van der Waals surface area contributed by atoms with E-state index in [1.54, 1.807) is 0 Å². The maximum atomic E-state index is 12.2. The van der Waals surface area contributed by atoms with E-state index >= 15 is 0 Å². The molecule has 0 unspecified atom stereocenters. The second-order valence-electron chi connectivity index (χ2n) is 5.35. The Hall–Kier alpha value is -2.09. The van der Waals surface area contributed by atoms with Gasteiger partial charge >= 0.3 is 0 Å². The number of carbonyl (C=O) groups excluding carboxylic acids is 1. The van der Waals surface area contributed by atoms with Crippen molar-refractivity contribution in [2.45, 2.75) is 33.7 Å². The van der Waals surface area contributed by atoms with Gasteiger partial charge in [0.1, 0.15) is 0 Å². The van der Waals surface area contributed by atoms with Gasteiger partial charge in [-0.15, -0.1) is 0 Å². The lowest BCUT2D eigenvalue weighted by Crippen LogP contribution is -2.27. The van der Waals surface area contributed by atoms with Gasteiger partial charge in [-0.05, 0) is 62.1 Å². The zero-order valence-electron chi connectivity index (χ0n) is 12.5. The number of rotatable bonds is 3. The molecular formula is C18H21NO. The summed E-state index contributed by atoms with van der Waals surface area (Å²) < 4.78 is 0. The summed E-state index contributed by atoms with van der Waals surface area (Å²) in [6.07, 6.45) is 0. The van der Waals surface area contributed by atoms with E-state index in [9.17, 15) is 4.79 Å². The van der Waals surface area contributed by atoms with Crippen molar-refractivity contribution < 1.29 is 4.79 Å². The molecule has 2 aromatic rings. The van der Waals surface area contributed by atoms with Gasteiger partial charge in [-0.1, -0.05) is 30.3 Å². The molecule has 2 rings (SSSR count). The number of hydrogen-bond acceptors (Lipinski definition) is 1. The van der Waals surface area contributed by atoms with E-state index < -0.39 is 0 Å². The highest BCUT2D eigenvalue weighted by Crippen LogP contribution is 2.21. The third-order valence-electron chi connectivity index (χ3n) is 3.73. The minimum absolute atomic E-state index is 0.00186. The highest BCUT2D eigenvalue weighted by molar-refractivity contribution is 5.94. The summed E-state index contributed by atoms with van der Waals surface area (Å²) in [5.41, 5.74) is 5.63. The Balaban J connectivity index is 2.19. The quantitative estimate of drug-likeness (QED) is 0.891. The van der Waals surface area contributed by atoms with Crippen LogP contribution < -0.4 is 5.32 Å². The van der Waals surface area contributed by atoms with E-state index in [0.717, 1.165) is 0 Å². The van der Waals surface area contributed by atoms with Crippen molar-refractivity contribution in [1.29, 1.82) is 0 Å². The van der Waals surface area contributed by atoms with Crippen molar-refractivity contribution in [2.24, 2.45) is 0 Å². The van der Waals surface area contributed by atoms with Crippen LogP contribution in [0.15, 0.2) is 42.5 Å². The molecule has 0 aliphatic heterocycles.